The van der Waals surface area contributed by atoms with E-state index in [1.54, 1.807) is 30.0 Å². The Kier molecular flexibility index (Phi) is 5.73. The van der Waals surface area contributed by atoms with Crippen molar-refractivity contribution < 1.29 is 4.39 Å². The first-order chi connectivity index (χ1) is 7.77. The smallest absolute Gasteiger partial charge is 0.146 e. The van der Waals surface area contributed by atoms with Gasteiger partial charge in [-0.2, -0.15) is 17.0 Å². The van der Waals surface area contributed by atoms with Gasteiger partial charge < -0.3 is 5.32 Å². The Bertz CT molecular complexity index is 362. The number of para-hydroxylation sites is 1. The summed E-state index contributed by atoms with van der Waals surface area (Å²) in [5.41, 5.74) is 0.401. The molecule has 0 saturated heterocycles. The van der Waals surface area contributed by atoms with Crippen molar-refractivity contribution >= 4 is 17.4 Å². The normalized spacial score (nSPS) is 11.8. The average Bonchev–Trinajstić information content (AvgIpc) is 2.30. The maximum atomic E-state index is 13.3. The van der Waals surface area contributed by atoms with Crippen molar-refractivity contribution in [3.05, 3.63) is 30.1 Å². The van der Waals surface area contributed by atoms with Crippen LogP contribution >= 0.6 is 11.8 Å². The van der Waals surface area contributed by atoms with E-state index in [1.165, 1.54) is 6.07 Å². The van der Waals surface area contributed by atoms with E-state index < -0.39 is 0 Å². The molecule has 0 amide bonds. The van der Waals surface area contributed by atoms with Gasteiger partial charge in [-0.1, -0.05) is 12.1 Å². The van der Waals surface area contributed by atoms with Crippen molar-refractivity contribution in [3.8, 4) is 6.07 Å². The minimum absolute atomic E-state index is 0.312. The fourth-order valence-corrected chi connectivity index (χ4v) is 1.82. The molecule has 16 heavy (non-hydrogen) atoms. The van der Waals surface area contributed by atoms with E-state index in [0.717, 1.165) is 18.6 Å². The summed E-state index contributed by atoms with van der Waals surface area (Å²) in [6.45, 7) is 0. The van der Waals surface area contributed by atoms with Crippen molar-refractivity contribution in [2.45, 2.75) is 18.9 Å². The molecule has 0 aliphatic heterocycles. The minimum Gasteiger partial charge on any atom is -0.367 e. The first kappa shape index (κ1) is 12.9. The predicted octanol–water partition coefficient (Wildman–Crippen LogP) is 3.27. The number of hydrogen-bond donors (Lipinski definition) is 1. The summed E-state index contributed by atoms with van der Waals surface area (Å²) in [6.07, 6.45) is 3.73. The van der Waals surface area contributed by atoms with Crippen molar-refractivity contribution in [2.75, 3.05) is 17.3 Å². The van der Waals surface area contributed by atoms with E-state index in [9.17, 15) is 4.39 Å². The van der Waals surface area contributed by atoms with Crippen molar-refractivity contribution in [1.82, 2.24) is 0 Å². The van der Waals surface area contributed by atoms with Gasteiger partial charge in [-0.15, -0.1) is 0 Å². The third kappa shape index (κ3) is 4.11. The number of halogens is 1. The molecule has 0 fully saturated rings. The molecule has 0 aliphatic carbocycles. The Morgan fingerprint density at radius 2 is 2.25 bits per heavy atom. The second-order valence-electron chi connectivity index (χ2n) is 3.44. The number of rotatable bonds is 6. The summed E-state index contributed by atoms with van der Waals surface area (Å²) in [5.74, 6) is 0.713. The summed E-state index contributed by atoms with van der Waals surface area (Å²) < 4.78 is 13.3. The summed E-state index contributed by atoms with van der Waals surface area (Å²) >= 11 is 1.75. The highest BCUT2D eigenvalue weighted by molar-refractivity contribution is 7.98. The largest absolute Gasteiger partial charge is 0.367 e. The zero-order chi connectivity index (χ0) is 11.8. The molecule has 2 nitrogen and oxygen atoms in total. The lowest BCUT2D eigenvalue weighted by atomic mass is 10.1. The first-order valence-electron chi connectivity index (χ1n) is 5.17. The second kappa shape index (κ2) is 7.13. The number of benzene rings is 1. The lowest BCUT2D eigenvalue weighted by Crippen LogP contribution is -2.18. The van der Waals surface area contributed by atoms with E-state index in [4.69, 9.17) is 5.26 Å². The topological polar surface area (TPSA) is 35.8 Å². The van der Waals surface area contributed by atoms with Gasteiger partial charge in [0, 0.05) is 0 Å². The molecule has 86 valence electrons. The number of thioether (sulfide) groups is 1. The van der Waals surface area contributed by atoms with Gasteiger partial charge in [-0.05, 0) is 37.0 Å². The fraction of sp³-hybridized carbons (Fsp3) is 0.417. The second-order valence-corrected chi connectivity index (χ2v) is 4.43. The number of nitrogens with one attached hydrogen (secondary N) is 1. The molecule has 0 aromatic heterocycles. The predicted molar refractivity (Wildman–Crippen MR) is 67.0 cm³/mol. The number of hydrogen-bond acceptors (Lipinski definition) is 3. The summed E-state index contributed by atoms with van der Waals surface area (Å²) in [4.78, 5) is 0. The van der Waals surface area contributed by atoms with Gasteiger partial charge in [-0.25, -0.2) is 4.39 Å². The van der Waals surface area contributed by atoms with Gasteiger partial charge in [-0.3, -0.25) is 0 Å². The highest BCUT2D eigenvalue weighted by Gasteiger charge is 2.08. The van der Waals surface area contributed by atoms with Crippen molar-refractivity contribution in [1.29, 1.82) is 5.26 Å². The standard InChI is InChI=1S/C12H15FN2S/c1-16-8-4-5-10(9-14)15-12-7-3-2-6-11(12)13/h2-3,6-7,10,15H,4-5,8H2,1H3. The van der Waals surface area contributed by atoms with Crippen LogP contribution in [0.5, 0.6) is 0 Å². The zero-order valence-electron chi connectivity index (χ0n) is 9.24. The molecule has 1 unspecified atom stereocenters. The Labute approximate surface area is 99.9 Å². The highest BCUT2D eigenvalue weighted by Crippen LogP contribution is 2.15. The van der Waals surface area contributed by atoms with Gasteiger partial charge in [0.15, 0.2) is 0 Å². The van der Waals surface area contributed by atoms with Crippen molar-refractivity contribution in [3.63, 3.8) is 0 Å². The number of nitrogens with zero attached hydrogens (tertiary/aromatic N) is 1. The molecule has 1 aromatic carbocycles. The van der Waals surface area contributed by atoms with Gasteiger partial charge in [0.05, 0.1) is 11.8 Å². The van der Waals surface area contributed by atoms with Crippen LogP contribution < -0.4 is 5.32 Å². The van der Waals surface area contributed by atoms with Crippen LogP contribution in [0.2, 0.25) is 0 Å². The molecule has 1 N–H and O–H groups in total. The summed E-state index contributed by atoms with van der Waals surface area (Å²) in [6, 6.07) is 8.25. The lowest BCUT2D eigenvalue weighted by Gasteiger charge is -2.12. The van der Waals surface area contributed by atoms with Gasteiger partial charge in [0.1, 0.15) is 11.9 Å². The summed E-state index contributed by atoms with van der Waals surface area (Å²) in [7, 11) is 0. The summed E-state index contributed by atoms with van der Waals surface area (Å²) in [5, 5.41) is 11.8. The third-order valence-corrected chi connectivity index (χ3v) is 2.90. The van der Waals surface area contributed by atoms with E-state index in [0.29, 0.717) is 5.69 Å². The zero-order valence-corrected chi connectivity index (χ0v) is 10.1. The van der Waals surface area contributed by atoms with E-state index in [2.05, 4.69) is 11.4 Å². The fourth-order valence-electron chi connectivity index (χ4n) is 1.37. The van der Waals surface area contributed by atoms with E-state index in [1.807, 2.05) is 6.26 Å². The molecule has 0 radical (unpaired) electrons. The average molecular weight is 238 g/mol. The third-order valence-electron chi connectivity index (χ3n) is 2.20. The molecule has 0 bridgehead atoms. The quantitative estimate of drug-likeness (QED) is 0.773. The van der Waals surface area contributed by atoms with Gasteiger partial charge in [0.25, 0.3) is 0 Å². The SMILES string of the molecule is CSCCCC(C#N)Nc1ccccc1F. The van der Waals surface area contributed by atoms with Crippen LogP contribution in [0.4, 0.5) is 10.1 Å². The first-order valence-corrected chi connectivity index (χ1v) is 6.57. The number of nitriles is 1. The van der Waals surface area contributed by atoms with Gasteiger partial charge >= 0.3 is 0 Å². The van der Waals surface area contributed by atoms with Crippen LogP contribution in [0.15, 0.2) is 24.3 Å². The lowest BCUT2D eigenvalue weighted by molar-refractivity contribution is 0.626. The van der Waals surface area contributed by atoms with E-state index in [-0.39, 0.29) is 11.9 Å². The van der Waals surface area contributed by atoms with Crippen LogP contribution in [0, 0.1) is 17.1 Å². The molecular formula is C12H15FN2S. The van der Waals surface area contributed by atoms with Crippen LogP contribution in [-0.4, -0.2) is 18.1 Å². The molecule has 4 heteroatoms. The minimum atomic E-state index is -0.316. The van der Waals surface area contributed by atoms with Crippen LogP contribution in [-0.2, 0) is 0 Å². The molecule has 1 atom stereocenters. The monoisotopic (exact) mass is 238 g/mol. The molecule has 0 aliphatic rings. The van der Waals surface area contributed by atoms with Crippen molar-refractivity contribution in [2.24, 2.45) is 0 Å². The molecular weight excluding hydrogens is 223 g/mol. The molecule has 0 heterocycles. The Morgan fingerprint density at radius 3 is 2.88 bits per heavy atom. The van der Waals surface area contributed by atoms with Crippen LogP contribution in [0.25, 0.3) is 0 Å². The van der Waals surface area contributed by atoms with E-state index >= 15 is 0 Å². The molecule has 0 spiro atoms. The molecule has 1 rings (SSSR count). The Balaban J connectivity index is 2.51. The Morgan fingerprint density at radius 1 is 1.50 bits per heavy atom. The van der Waals surface area contributed by atoms with Crippen LogP contribution in [0.3, 0.4) is 0 Å². The highest BCUT2D eigenvalue weighted by atomic mass is 32.2. The maximum absolute atomic E-state index is 13.3. The molecule has 0 saturated carbocycles. The molecule has 1 aromatic rings. The van der Waals surface area contributed by atoms with Gasteiger partial charge in [0.2, 0.25) is 0 Å². The number of anilines is 1. The Hall–Kier alpha value is -1.21. The maximum Gasteiger partial charge on any atom is 0.146 e. The van der Waals surface area contributed by atoms with Crippen LogP contribution in [0.1, 0.15) is 12.8 Å².